The van der Waals surface area contributed by atoms with Gasteiger partial charge < -0.3 is 9.88 Å². The number of hydrogen-bond acceptors (Lipinski definition) is 3. The van der Waals surface area contributed by atoms with Crippen molar-refractivity contribution >= 4 is 23.4 Å². The Labute approximate surface area is 154 Å². The van der Waals surface area contributed by atoms with Crippen LogP contribution in [0.15, 0.2) is 76.6 Å². The minimum atomic E-state index is -0.363. The van der Waals surface area contributed by atoms with E-state index in [9.17, 15) is 14.0 Å². The summed E-state index contributed by atoms with van der Waals surface area (Å²) >= 11 is 1.59. The number of amides is 1. The quantitative estimate of drug-likeness (QED) is 0.693. The molecule has 0 spiro atoms. The smallest absolute Gasteiger partial charge is 0.257 e. The maximum atomic E-state index is 13.3. The molecule has 0 aliphatic carbocycles. The third kappa shape index (κ3) is 4.40. The molecule has 0 bridgehead atoms. The van der Waals surface area contributed by atoms with Gasteiger partial charge in [-0.3, -0.25) is 9.59 Å². The highest BCUT2D eigenvalue weighted by Gasteiger charge is 2.09. The van der Waals surface area contributed by atoms with Gasteiger partial charge in [0.05, 0.1) is 12.1 Å². The molecule has 0 radical (unpaired) electrons. The topological polar surface area (TPSA) is 51.1 Å². The Balaban J connectivity index is 1.82. The van der Waals surface area contributed by atoms with Crippen LogP contribution in [0.1, 0.15) is 15.9 Å². The predicted molar refractivity (Wildman–Crippen MR) is 102 cm³/mol. The van der Waals surface area contributed by atoms with Crippen molar-refractivity contribution in [3.63, 3.8) is 0 Å². The highest BCUT2D eigenvalue weighted by Crippen LogP contribution is 2.19. The Morgan fingerprint density at radius 2 is 1.92 bits per heavy atom. The number of hydrogen-bond donors (Lipinski definition) is 1. The molecule has 3 rings (SSSR count). The maximum absolute atomic E-state index is 13.3. The predicted octanol–water partition coefficient (Wildman–Crippen LogP) is 4.01. The van der Waals surface area contributed by atoms with Crippen molar-refractivity contribution in [1.29, 1.82) is 0 Å². The fraction of sp³-hybridized carbons (Fsp3) is 0.100. The molecule has 0 unspecified atom stereocenters. The molecule has 0 aliphatic heterocycles. The van der Waals surface area contributed by atoms with Crippen LogP contribution >= 0.6 is 11.8 Å². The van der Waals surface area contributed by atoms with E-state index in [2.05, 4.69) is 5.32 Å². The molecule has 26 heavy (non-hydrogen) atoms. The van der Waals surface area contributed by atoms with Crippen LogP contribution in [0.5, 0.6) is 0 Å². The van der Waals surface area contributed by atoms with E-state index >= 15 is 0 Å². The summed E-state index contributed by atoms with van der Waals surface area (Å²) in [4.78, 5) is 25.6. The molecule has 4 nitrogen and oxygen atoms in total. The zero-order chi connectivity index (χ0) is 18.5. The first-order valence-corrected chi connectivity index (χ1v) is 9.18. The number of carbonyl (C=O) groups excluding carboxylic acids is 1. The van der Waals surface area contributed by atoms with Crippen LogP contribution in [0.4, 0.5) is 10.1 Å². The molecule has 0 saturated heterocycles. The third-order valence-electron chi connectivity index (χ3n) is 3.82. The van der Waals surface area contributed by atoms with Crippen molar-refractivity contribution in [2.75, 3.05) is 11.6 Å². The van der Waals surface area contributed by atoms with Crippen LogP contribution in [0.3, 0.4) is 0 Å². The fourth-order valence-electron chi connectivity index (χ4n) is 2.53. The standard InChI is InChI=1S/C20H17FN2O2S/c1-26-18-7-3-6-17(11-18)22-20(25)15-8-9-19(24)23(13-15)12-14-4-2-5-16(21)10-14/h2-11,13H,12H2,1H3,(H,22,25). The Hall–Kier alpha value is -2.86. The SMILES string of the molecule is CSc1cccc(NC(=O)c2ccc(=O)n(Cc3cccc(F)c3)c2)c1. The Kier molecular flexibility index (Phi) is 5.53. The summed E-state index contributed by atoms with van der Waals surface area (Å²) in [6.45, 7) is 0.194. The van der Waals surface area contributed by atoms with Gasteiger partial charge in [0.2, 0.25) is 0 Å². The van der Waals surface area contributed by atoms with Gasteiger partial charge in [-0.05, 0) is 48.2 Å². The van der Waals surface area contributed by atoms with Crippen LogP contribution in [-0.2, 0) is 6.54 Å². The third-order valence-corrected chi connectivity index (χ3v) is 4.54. The van der Waals surface area contributed by atoms with Gasteiger partial charge in [0.15, 0.2) is 0 Å². The highest BCUT2D eigenvalue weighted by molar-refractivity contribution is 7.98. The lowest BCUT2D eigenvalue weighted by Gasteiger charge is -2.10. The molecular weight excluding hydrogens is 351 g/mol. The van der Waals surface area contributed by atoms with Crippen molar-refractivity contribution < 1.29 is 9.18 Å². The van der Waals surface area contributed by atoms with Gasteiger partial charge in [-0.1, -0.05) is 18.2 Å². The summed E-state index contributed by atoms with van der Waals surface area (Å²) in [5.41, 5.74) is 1.44. The number of pyridine rings is 1. The van der Waals surface area contributed by atoms with Crippen molar-refractivity contribution in [3.05, 3.63) is 94.2 Å². The lowest BCUT2D eigenvalue weighted by atomic mass is 10.2. The molecular formula is C20H17FN2O2S. The summed E-state index contributed by atoms with van der Waals surface area (Å²) in [6.07, 6.45) is 3.45. The summed E-state index contributed by atoms with van der Waals surface area (Å²) in [7, 11) is 0. The molecule has 0 atom stereocenters. The summed E-state index contributed by atoms with van der Waals surface area (Å²) in [6, 6.07) is 16.4. The molecule has 3 aromatic rings. The van der Waals surface area contributed by atoms with Gasteiger partial charge in [-0.2, -0.15) is 0 Å². The maximum Gasteiger partial charge on any atom is 0.257 e. The van der Waals surface area contributed by atoms with E-state index in [-0.39, 0.29) is 23.8 Å². The zero-order valence-corrected chi connectivity index (χ0v) is 14.9. The molecule has 1 N–H and O–H groups in total. The molecule has 1 amide bonds. The number of thioether (sulfide) groups is 1. The van der Waals surface area contributed by atoms with E-state index in [1.807, 2.05) is 24.5 Å². The van der Waals surface area contributed by atoms with Crippen molar-refractivity contribution in [2.24, 2.45) is 0 Å². The molecule has 1 heterocycles. The first-order valence-electron chi connectivity index (χ1n) is 7.95. The van der Waals surface area contributed by atoms with Gasteiger partial charge in [0, 0.05) is 22.8 Å². The highest BCUT2D eigenvalue weighted by atomic mass is 32.2. The number of anilines is 1. The minimum Gasteiger partial charge on any atom is -0.322 e. The van der Waals surface area contributed by atoms with Crippen LogP contribution in [-0.4, -0.2) is 16.7 Å². The zero-order valence-electron chi connectivity index (χ0n) is 14.1. The minimum absolute atomic E-state index is 0.194. The van der Waals surface area contributed by atoms with Gasteiger partial charge in [-0.15, -0.1) is 11.8 Å². The Morgan fingerprint density at radius 1 is 1.12 bits per heavy atom. The molecule has 0 fully saturated rings. The van der Waals surface area contributed by atoms with Crippen molar-refractivity contribution in [3.8, 4) is 0 Å². The number of halogens is 1. The summed E-state index contributed by atoms with van der Waals surface area (Å²) in [5.74, 6) is -0.672. The molecule has 132 valence electrons. The van der Waals surface area contributed by atoms with Crippen LogP contribution in [0.2, 0.25) is 0 Å². The number of nitrogens with zero attached hydrogens (tertiary/aromatic N) is 1. The van der Waals surface area contributed by atoms with Gasteiger partial charge in [-0.25, -0.2) is 4.39 Å². The van der Waals surface area contributed by atoms with E-state index in [0.29, 0.717) is 16.8 Å². The molecule has 0 saturated carbocycles. The number of benzene rings is 2. The van der Waals surface area contributed by atoms with Crippen LogP contribution in [0, 0.1) is 5.82 Å². The van der Waals surface area contributed by atoms with Crippen molar-refractivity contribution in [2.45, 2.75) is 11.4 Å². The van der Waals surface area contributed by atoms with Crippen molar-refractivity contribution in [1.82, 2.24) is 4.57 Å². The van der Waals surface area contributed by atoms with Crippen LogP contribution in [0.25, 0.3) is 0 Å². The average Bonchev–Trinajstić information content (AvgIpc) is 2.63. The van der Waals surface area contributed by atoms with E-state index in [4.69, 9.17) is 0 Å². The van der Waals surface area contributed by atoms with E-state index < -0.39 is 0 Å². The second-order valence-electron chi connectivity index (χ2n) is 5.70. The molecule has 2 aromatic carbocycles. The Morgan fingerprint density at radius 3 is 2.69 bits per heavy atom. The monoisotopic (exact) mass is 368 g/mol. The lowest BCUT2D eigenvalue weighted by molar-refractivity contribution is 0.102. The number of rotatable bonds is 5. The van der Waals surface area contributed by atoms with Gasteiger partial charge >= 0.3 is 0 Å². The molecule has 1 aromatic heterocycles. The average molecular weight is 368 g/mol. The van der Waals surface area contributed by atoms with Gasteiger partial charge in [0.25, 0.3) is 11.5 Å². The Bertz CT molecular complexity index is 1000. The van der Waals surface area contributed by atoms with Crippen LogP contribution < -0.4 is 10.9 Å². The second-order valence-corrected chi connectivity index (χ2v) is 6.58. The van der Waals surface area contributed by atoms with E-state index in [1.165, 1.54) is 35.0 Å². The normalized spacial score (nSPS) is 10.5. The lowest BCUT2D eigenvalue weighted by Crippen LogP contribution is -2.22. The first-order chi connectivity index (χ1) is 12.5. The number of carbonyl (C=O) groups is 1. The van der Waals surface area contributed by atoms with Gasteiger partial charge in [0.1, 0.15) is 5.82 Å². The number of nitrogens with one attached hydrogen (secondary N) is 1. The van der Waals surface area contributed by atoms with E-state index in [0.717, 1.165) is 4.90 Å². The largest absolute Gasteiger partial charge is 0.322 e. The fourth-order valence-corrected chi connectivity index (χ4v) is 2.98. The first kappa shape index (κ1) is 17.9. The molecule has 6 heteroatoms. The summed E-state index contributed by atoms with van der Waals surface area (Å²) < 4.78 is 14.7. The van der Waals surface area contributed by atoms with E-state index in [1.54, 1.807) is 30.0 Å². The number of aromatic nitrogens is 1. The second kappa shape index (κ2) is 8.01. The summed E-state index contributed by atoms with van der Waals surface area (Å²) in [5, 5.41) is 2.82. The molecule has 0 aliphatic rings.